The number of hydrogen-bond donors (Lipinski definition) is 2. The molecule has 0 aliphatic rings. The van der Waals surface area contributed by atoms with Crippen LogP contribution in [0.15, 0.2) is 30.3 Å². The van der Waals surface area contributed by atoms with Crippen LogP contribution in [0.2, 0.25) is 10.0 Å². The van der Waals surface area contributed by atoms with E-state index in [1.165, 1.54) is 18.2 Å². The first-order valence-electron chi connectivity index (χ1n) is 5.39. The number of carbonyl (C=O) groups excluding carboxylic acids is 1. The van der Waals surface area contributed by atoms with Gasteiger partial charge in [0.15, 0.2) is 0 Å². The van der Waals surface area contributed by atoms with Crippen molar-refractivity contribution < 1.29 is 13.6 Å². The standard InChI is InChI=1S/C13H8Cl2F2N2O/c14-8-2-1-6(3-9(8)15)19-13(20)7-4-12(18)11(17)5-10(7)16/h1-5H,18H2,(H,19,20). The predicted octanol–water partition coefficient (Wildman–Crippen LogP) is 4.11. The van der Waals surface area contributed by atoms with E-state index in [4.69, 9.17) is 28.9 Å². The summed E-state index contributed by atoms with van der Waals surface area (Å²) in [7, 11) is 0. The van der Waals surface area contributed by atoms with Crippen molar-refractivity contribution in [1.82, 2.24) is 0 Å². The molecular formula is C13H8Cl2F2N2O. The van der Waals surface area contributed by atoms with Crippen LogP contribution in [0.1, 0.15) is 10.4 Å². The predicted molar refractivity (Wildman–Crippen MR) is 75.2 cm³/mol. The summed E-state index contributed by atoms with van der Waals surface area (Å²) in [5.41, 5.74) is 4.95. The Kier molecular flexibility index (Phi) is 4.11. The highest BCUT2D eigenvalue weighted by atomic mass is 35.5. The number of nitrogens with two attached hydrogens (primary N) is 1. The Labute approximate surface area is 123 Å². The second-order valence-electron chi connectivity index (χ2n) is 3.94. The zero-order valence-electron chi connectivity index (χ0n) is 9.88. The largest absolute Gasteiger partial charge is 0.396 e. The van der Waals surface area contributed by atoms with Gasteiger partial charge in [-0.2, -0.15) is 0 Å². The van der Waals surface area contributed by atoms with Gasteiger partial charge >= 0.3 is 0 Å². The molecule has 0 heterocycles. The molecule has 0 saturated heterocycles. The summed E-state index contributed by atoms with van der Waals surface area (Å²) >= 11 is 11.5. The average molecular weight is 317 g/mol. The Hall–Kier alpha value is -1.85. The highest BCUT2D eigenvalue weighted by Gasteiger charge is 2.15. The Morgan fingerprint density at radius 3 is 2.40 bits per heavy atom. The highest BCUT2D eigenvalue weighted by molar-refractivity contribution is 6.42. The van der Waals surface area contributed by atoms with E-state index < -0.39 is 17.5 Å². The maximum Gasteiger partial charge on any atom is 0.258 e. The summed E-state index contributed by atoms with van der Waals surface area (Å²) in [6, 6.07) is 5.87. The lowest BCUT2D eigenvalue weighted by Gasteiger charge is -2.08. The molecule has 0 bridgehead atoms. The van der Waals surface area contributed by atoms with Crippen molar-refractivity contribution in [3.63, 3.8) is 0 Å². The molecule has 2 aromatic rings. The smallest absolute Gasteiger partial charge is 0.258 e. The first-order valence-corrected chi connectivity index (χ1v) is 6.15. The summed E-state index contributed by atoms with van der Waals surface area (Å²) in [6.45, 7) is 0. The number of carbonyl (C=O) groups is 1. The molecule has 0 radical (unpaired) electrons. The molecular weight excluding hydrogens is 309 g/mol. The molecule has 3 N–H and O–H groups in total. The van der Waals surface area contributed by atoms with Crippen LogP contribution in [0.25, 0.3) is 0 Å². The van der Waals surface area contributed by atoms with Crippen molar-refractivity contribution in [2.75, 3.05) is 11.1 Å². The third-order valence-corrected chi connectivity index (χ3v) is 3.25. The van der Waals surface area contributed by atoms with Gasteiger partial charge in [-0.1, -0.05) is 23.2 Å². The Bertz CT molecular complexity index is 692. The van der Waals surface area contributed by atoms with E-state index in [-0.39, 0.29) is 16.3 Å². The number of hydrogen-bond acceptors (Lipinski definition) is 2. The van der Waals surface area contributed by atoms with Crippen molar-refractivity contribution in [1.29, 1.82) is 0 Å². The molecule has 0 saturated carbocycles. The maximum absolute atomic E-state index is 13.5. The second kappa shape index (κ2) is 5.64. The zero-order chi connectivity index (χ0) is 14.9. The van der Waals surface area contributed by atoms with Gasteiger partial charge in [-0.15, -0.1) is 0 Å². The van der Waals surface area contributed by atoms with Gasteiger partial charge < -0.3 is 11.1 Å². The lowest BCUT2D eigenvalue weighted by molar-refractivity contribution is 0.102. The lowest BCUT2D eigenvalue weighted by Crippen LogP contribution is -2.14. The molecule has 0 fully saturated rings. The second-order valence-corrected chi connectivity index (χ2v) is 4.75. The summed E-state index contributed by atoms with van der Waals surface area (Å²) in [5, 5.41) is 2.97. The minimum atomic E-state index is -1.01. The fourth-order valence-corrected chi connectivity index (χ4v) is 1.81. The Morgan fingerprint density at radius 1 is 1.05 bits per heavy atom. The molecule has 2 aromatic carbocycles. The number of nitrogen functional groups attached to an aromatic ring is 1. The van der Waals surface area contributed by atoms with Gasteiger partial charge in [-0.05, 0) is 24.3 Å². The van der Waals surface area contributed by atoms with E-state index in [1.807, 2.05) is 0 Å². The van der Waals surface area contributed by atoms with Crippen molar-refractivity contribution in [3.05, 3.63) is 57.6 Å². The molecule has 2 rings (SSSR count). The van der Waals surface area contributed by atoms with Crippen LogP contribution >= 0.6 is 23.2 Å². The van der Waals surface area contributed by atoms with Crippen LogP contribution in [0.4, 0.5) is 20.2 Å². The van der Waals surface area contributed by atoms with Gasteiger partial charge in [0.2, 0.25) is 0 Å². The quantitative estimate of drug-likeness (QED) is 0.819. The maximum atomic E-state index is 13.5. The molecule has 0 spiro atoms. The molecule has 104 valence electrons. The van der Waals surface area contributed by atoms with E-state index in [2.05, 4.69) is 5.32 Å². The molecule has 0 aliphatic heterocycles. The number of nitrogens with one attached hydrogen (secondary N) is 1. The van der Waals surface area contributed by atoms with Crippen LogP contribution in [0.5, 0.6) is 0 Å². The van der Waals surface area contributed by atoms with E-state index in [1.54, 1.807) is 0 Å². The van der Waals surface area contributed by atoms with Gasteiger partial charge in [0.05, 0.1) is 21.3 Å². The summed E-state index contributed by atoms with van der Waals surface area (Å²) < 4.78 is 26.5. The number of anilines is 2. The van der Waals surface area contributed by atoms with E-state index in [9.17, 15) is 13.6 Å². The van der Waals surface area contributed by atoms with Gasteiger partial charge in [0.1, 0.15) is 11.6 Å². The van der Waals surface area contributed by atoms with Crippen molar-refractivity contribution in [2.45, 2.75) is 0 Å². The Balaban J connectivity index is 2.28. The SMILES string of the molecule is Nc1cc(C(=O)Nc2ccc(Cl)c(Cl)c2)c(F)cc1F. The van der Waals surface area contributed by atoms with Crippen LogP contribution in [0, 0.1) is 11.6 Å². The summed E-state index contributed by atoms with van der Waals surface area (Å²) in [5.74, 6) is -2.70. The van der Waals surface area contributed by atoms with Gasteiger partial charge in [-0.3, -0.25) is 4.79 Å². The topological polar surface area (TPSA) is 55.1 Å². The molecule has 0 unspecified atom stereocenters. The van der Waals surface area contributed by atoms with E-state index in [0.717, 1.165) is 6.07 Å². The van der Waals surface area contributed by atoms with Crippen molar-refractivity contribution in [3.8, 4) is 0 Å². The molecule has 0 aliphatic carbocycles. The molecule has 20 heavy (non-hydrogen) atoms. The van der Waals surface area contributed by atoms with Crippen molar-refractivity contribution in [2.24, 2.45) is 0 Å². The first kappa shape index (κ1) is 14.6. The van der Waals surface area contributed by atoms with Gasteiger partial charge in [-0.25, -0.2) is 8.78 Å². The molecule has 1 amide bonds. The summed E-state index contributed by atoms with van der Waals surface area (Å²) in [6.07, 6.45) is 0. The van der Waals surface area contributed by atoms with Gasteiger partial charge in [0, 0.05) is 11.8 Å². The fraction of sp³-hybridized carbons (Fsp3) is 0. The number of rotatable bonds is 2. The van der Waals surface area contributed by atoms with Gasteiger partial charge in [0.25, 0.3) is 5.91 Å². The highest BCUT2D eigenvalue weighted by Crippen LogP contribution is 2.25. The monoisotopic (exact) mass is 316 g/mol. The third-order valence-electron chi connectivity index (χ3n) is 2.51. The van der Waals surface area contributed by atoms with Crippen LogP contribution in [-0.2, 0) is 0 Å². The minimum Gasteiger partial charge on any atom is -0.396 e. The average Bonchev–Trinajstić information content (AvgIpc) is 2.38. The van der Waals surface area contributed by atoms with E-state index in [0.29, 0.717) is 16.8 Å². The van der Waals surface area contributed by atoms with Crippen LogP contribution in [0.3, 0.4) is 0 Å². The fourth-order valence-electron chi connectivity index (χ4n) is 1.51. The van der Waals surface area contributed by atoms with E-state index >= 15 is 0 Å². The summed E-state index contributed by atoms with van der Waals surface area (Å²) in [4.78, 5) is 11.9. The Morgan fingerprint density at radius 2 is 1.75 bits per heavy atom. The molecule has 3 nitrogen and oxygen atoms in total. The number of halogens is 4. The number of benzene rings is 2. The molecule has 0 aromatic heterocycles. The normalized spacial score (nSPS) is 10.4. The first-order chi connectivity index (χ1) is 9.38. The number of amides is 1. The molecule has 7 heteroatoms. The molecule has 0 atom stereocenters. The lowest BCUT2D eigenvalue weighted by atomic mass is 10.1. The minimum absolute atomic E-state index is 0.239. The van der Waals surface area contributed by atoms with Crippen LogP contribution in [-0.4, -0.2) is 5.91 Å². The third kappa shape index (κ3) is 3.00. The van der Waals surface area contributed by atoms with Crippen LogP contribution < -0.4 is 11.1 Å². The zero-order valence-corrected chi connectivity index (χ0v) is 11.4. The van der Waals surface area contributed by atoms with Crippen molar-refractivity contribution >= 4 is 40.5 Å².